The van der Waals surface area contributed by atoms with E-state index in [1.54, 1.807) is 22.3 Å². The third kappa shape index (κ3) is 17.9. The van der Waals surface area contributed by atoms with Gasteiger partial charge in [-0.25, -0.2) is 17.5 Å². The van der Waals surface area contributed by atoms with Gasteiger partial charge < -0.3 is 40.3 Å². The third-order valence-corrected chi connectivity index (χ3v) is 23.9. The van der Waals surface area contributed by atoms with E-state index in [1.165, 1.54) is 39.3 Å². The van der Waals surface area contributed by atoms with Gasteiger partial charge in [0.2, 0.25) is 27.7 Å². The molecule has 5 aromatic heterocycles. The summed E-state index contributed by atoms with van der Waals surface area (Å²) in [4.78, 5) is 56.7. The van der Waals surface area contributed by atoms with Gasteiger partial charge >= 0.3 is 6.09 Å². The largest absolute Gasteiger partial charge is 0.449 e. The number of carbonyl (C=O) groups is 4. The number of carbonyl (C=O) groups excluding carboxylic acids is 4. The molecule has 10 aromatic rings. The van der Waals surface area contributed by atoms with Crippen molar-refractivity contribution in [1.29, 1.82) is 0 Å². The van der Waals surface area contributed by atoms with E-state index in [0.29, 0.717) is 58.4 Å². The van der Waals surface area contributed by atoms with E-state index in [0.717, 1.165) is 184 Å². The van der Waals surface area contributed by atoms with Crippen LogP contribution in [0.3, 0.4) is 0 Å². The van der Waals surface area contributed by atoms with Crippen LogP contribution in [0.5, 0.6) is 0 Å². The number of nitrogens with zero attached hydrogens (tertiary/aromatic N) is 11. The Balaban J connectivity index is 0.000000123. The highest BCUT2D eigenvalue weighted by Gasteiger charge is 2.40. The molecular formula is C76H97Cl3N18O7S. The highest BCUT2D eigenvalue weighted by atomic mass is 35.5. The van der Waals surface area contributed by atoms with Gasteiger partial charge in [-0.2, -0.15) is 25.5 Å². The summed E-state index contributed by atoms with van der Waals surface area (Å²) in [5.41, 5.74) is 18.9. The number of rotatable bonds is 10. The zero-order chi connectivity index (χ0) is 74.4. The Hall–Kier alpha value is -8.69. The van der Waals surface area contributed by atoms with Crippen LogP contribution in [0, 0.1) is 11.8 Å². The Labute approximate surface area is 627 Å². The van der Waals surface area contributed by atoms with Crippen LogP contribution in [-0.4, -0.2) is 195 Å². The Kier molecular flexibility index (Phi) is 23.9. The van der Waals surface area contributed by atoms with Gasteiger partial charge in [-0.3, -0.25) is 39.9 Å². The second kappa shape index (κ2) is 33.0. The van der Waals surface area contributed by atoms with Crippen LogP contribution in [-0.2, 0) is 29.1 Å². The van der Waals surface area contributed by atoms with Gasteiger partial charge in [0.05, 0.1) is 71.4 Å². The number of likely N-dealkylation sites (tertiary alicyclic amines) is 1. The number of hydrogen-bond donors (Lipinski definition) is 7. The minimum absolute atomic E-state index is 0.00438. The fraction of sp³-hybridized carbons (Fsp3) is 0.487. The number of primary amides is 1. The van der Waals surface area contributed by atoms with Gasteiger partial charge in [-0.05, 0) is 159 Å². The summed E-state index contributed by atoms with van der Waals surface area (Å²) in [5, 5.41) is 46.4. The molecule has 6 aliphatic rings. The van der Waals surface area contributed by atoms with E-state index in [2.05, 4.69) is 123 Å². The van der Waals surface area contributed by atoms with Crippen molar-refractivity contribution in [1.82, 2.24) is 70.4 Å². The van der Waals surface area contributed by atoms with Gasteiger partial charge in [0.15, 0.2) is 0 Å². The molecule has 0 bridgehead atoms. The maximum absolute atomic E-state index is 12.0. The molecule has 0 atom stereocenters. The summed E-state index contributed by atoms with van der Waals surface area (Å²) in [5.74, 6) is 2.25. The third-order valence-electron chi connectivity index (χ3n) is 21.9. The first-order chi connectivity index (χ1) is 50.3. The van der Waals surface area contributed by atoms with E-state index in [1.807, 2.05) is 80.2 Å². The molecule has 11 heterocycles. The molecule has 4 amide bonds. The highest BCUT2D eigenvalue weighted by molar-refractivity contribution is 7.88. The van der Waals surface area contributed by atoms with E-state index >= 15 is 0 Å². The number of ether oxygens (including phenoxy) is 1. The number of anilines is 3. The minimum atomic E-state index is -3.07. The van der Waals surface area contributed by atoms with Gasteiger partial charge in [-0.15, -0.1) is 0 Å². The summed E-state index contributed by atoms with van der Waals surface area (Å²) in [6.45, 7) is 19.0. The van der Waals surface area contributed by atoms with Gasteiger partial charge in [-0.1, -0.05) is 74.6 Å². The first kappa shape index (κ1) is 76.0. The lowest BCUT2D eigenvalue weighted by Gasteiger charge is -2.44. The second-order valence-electron chi connectivity index (χ2n) is 29.6. The minimum Gasteiger partial charge on any atom is -0.449 e. The lowest BCUT2D eigenvalue weighted by atomic mass is 9.84. The number of nitrogens with two attached hydrogens (primary N) is 1. The topological polar surface area (TPSA) is 313 Å². The number of hydrogen-bond acceptors (Lipinski definition) is 15. The van der Waals surface area contributed by atoms with E-state index in [9.17, 15) is 27.6 Å². The number of aromatic nitrogens is 10. The molecule has 1 spiro atoms. The zero-order valence-corrected chi connectivity index (χ0v) is 64.2. The van der Waals surface area contributed by atoms with Crippen LogP contribution in [0.4, 0.5) is 21.9 Å². The number of halogens is 3. The lowest BCUT2D eigenvalue weighted by molar-refractivity contribution is -0.133. The van der Waals surface area contributed by atoms with Crippen molar-refractivity contribution in [2.45, 2.75) is 134 Å². The SMILES string of the molecule is CC(=O)N1CCC(c2cc(C(C)C)cc3[nH]ncc23)CC1.CC(C)c1cc(C2CCN(S(C)(=O)=O)CC2)c2cn[nH]c2c1.CN(C)C(=O)C1CCN(c2cc(Cl)cc3[nH]ncc23)CC1.NC(=O)C1CCN(c2cc(Cl)cc3[nH]ncc23)CC1.O=C1NC2(CCO1)CCN(c1cc(Cl)cc3[nH]ncc13)CC2. The normalized spacial score (nSPS) is 18.0. The van der Waals surface area contributed by atoms with Crippen LogP contribution in [0.25, 0.3) is 54.5 Å². The number of sulfonamides is 1. The van der Waals surface area contributed by atoms with Crippen molar-refractivity contribution in [2.75, 3.05) is 107 Å². The fourth-order valence-electron chi connectivity index (χ4n) is 15.7. The van der Waals surface area contributed by atoms with Crippen LogP contribution < -0.4 is 25.8 Å². The van der Waals surface area contributed by atoms with Crippen LogP contribution in [0.1, 0.15) is 151 Å². The summed E-state index contributed by atoms with van der Waals surface area (Å²) in [6, 6.07) is 20.6. The molecule has 0 aliphatic carbocycles. The smallest absolute Gasteiger partial charge is 0.407 e. The molecule has 5 aromatic carbocycles. The molecule has 16 rings (SSSR count). The maximum atomic E-state index is 12.0. The van der Waals surface area contributed by atoms with Gasteiger partial charge in [0.1, 0.15) is 0 Å². The molecule has 29 heteroatoms. The number of piperidine rings is 5. The molecule has 105 heavy (non-hydrogen) atoms. The Bertz CT molecular complexity index is 4820. The molecular weight excluding hydrogens is 1420 g/mol. The Morgan fingerprint density at radius 2 is 0.895 bits per heavy atom. The average molecular weight is 1510 g/mol. The molecule has 0 unspecified atom stereocenters. The van der Waals surface area contributed by atoms with Crippen molar-refractivity contribution in [2.24, 2.45) is 17.6 Å². The van der Waals surface area contributed by atoms with E-state index < -0.39 is 10.0 Å². The molecule has 6 fully saturated rings. The number of H-pyrrole nitrogens is 5. The number of fused-ring (bicyclic) bond motifs is 5. The molecule has 6 aliphatic heterocycles. The molecule has 0 saturated carbocycles. The van der Waals surface area contributed by atoms with E-state index in [4.69, 9.17) is 45.3 Å². The monoisotopic (exact) mass is 1510 g/mol. The molecule has 25 nitrogen and oxygen atoms in total. The predicted molar refractivity (Wildman–Crippen MR) is 417 cm³/mol. The summed E-state index contributed by atoms with van der Waals surface area (Å²) < 4.78 is 29.9. The van der Waals surface area contributed by atoms with Crippen molar-refractivity contribution in [3.8, 4) is 0 Å². The summed E-state index contributed by atoms with van der Waals surface area (Å²) >= 11 is 18.5. The molecule has 560 valence electrons. The number of benzene rings is 5. The number of aromatic amines is 5. The first-order valence-corrected chi connectivity index (χ1v) is 39.5. The fourth-order valence-corrected chi connectivity index (χ4v) is 17.2. The molecule has 6 saturated heterocycles. The maximum Gasteiger partial charge on any atom is 0.407 e. The molecule has 0 radical (unpaired) electrons. The zero-order valence-electron chi connectivity index (χ0n) is 61.1. The number of cyclic esters (lactones) is 1. The van der Waals surface area contributed by atoms with Gasteiger partial charge in [0, 0.05) is 169 Å². The van der Waals surface area contributed by atoms with Crippen LogP contribution >= 0.6 is 34.8 Å². The van der Waals surface area contributed by atoms with Crippen LogP contribution in [0.15, 0.2) is 91.6 Å². The number of nitrogens with one attached hydrogen (secondary N) is 6. The van der Waals surface area contributed by atoms with E-state index in [-0.39, 0.29) is 41.2 Å². The average Bonchev–Trinajstić information content (AvgIpc) is 1.75. The summed E-state index contributed by atoms with van der Waals surface area (Å²) in [7, 11) is 0.570. The Morgan fingerprint density at radius 1 is 0.524 bits per heavy atom. The summed E-state index contributed by atoms with van der Waals surface area (Å²) in [6.07, 6.45) is 20.2. The predicted octanol–water partition coefficient (Wildman–Crippen LogP) is 13.4. The quantitative estimate of drug-likeness (QED) is 0.0669. The number of amides is 4. The lowest BCUT2D eigenvalue weighted by Crippen LogP contribution is -2.58. The van der Waals surface area contributed by atoms with Crippen molar-refractivity contribution in [3.05, 3.63) is 129 Å². The number of alkyl carbamates (subject to hydrolysis) is 1. The van der Waals surface area contributed by atoms with Crippen molar-refractivity contribution < 1.29 is 32.3 Å². The molecule has 8 N–H and O–H groups in total. The van der Waals surface area contributed by atoms with Crippen molar-refractivity contribution >= 4 is 140 Å². The first-order valence-electron chi connectivity index (χ1n) is 36.5. The Morgan fingerprint density at radius 3 is 1.26 bits per heavy atom. The highest BCUT2D eigenvalue weighted by Crippen LogP contribution is 2.41. The van der Waals surface area contributed by atoms with Gasteiger partial charge in [0.25, 0.3) is 0 Å². The second-order valence-corrected chi connectivity index (χ2v) is 32.9. The van der Waals surface area contributed by atoms with Crippen LogP contribution in [0.2, 0.25) is 15.1 Å². The standard InChI is InChI=1S/C17H23N3O.C16H23N3O2S.C15H17ClN4O2.C15H19ClN4O.C13H15ClN4O/c1-11(2)14-8-15(16-10-18-19-17(16)9-14)13-4-6-20(7-5-13)12(3)21;1-11(2)13-8-14(15-10-17-18-16(15)9-13)12-4-6-19(7-5-12)22(3,20)21;16-10-7-12-11(9-17-19-12)13(8-10)20-4-1-15(2-5-20)3-6-22-14(21)18-15;1-19(2)15(21)10-3-5-20(6-4-10)14-8-11(16)7-13-12(14)9-17-18-13;14-9-5-11-10(7-16-17-11)12(6-9)18-3-1-8(2-4-18)13(15)19/h8-11,13H,4-7H2,1-3H3,(H,18,19);8-12H,4-7H2,1-3H3,(H,17,18);7-9H,1-6H2,(H,17,19)(H,18,21);7-10H,3-6H2,1-2H3,(H,17,18);5-8H,1-4H2,(H2,15,19)(H,16,17). The van der Waals surface area contributed by atoms with Crippen molar-refractivity contribution in [3.63, 3.8) is 0 Å².